The molecule has 0 spiro atoms. The maximum Gasteiger partial charge on any atom is 0.0496 e. The lowest BCUT2D eigenvalue weighted by atomic mass is 9.97. The van der Waals surface area contributed by atoms with Crippen molar-refractivity contribution in [2.45, 2.75) is 38.4 Å². The van der Waals surface area contributed by atoms with E-state index < -0.39 is 0 Å². The van der Waals surface area contributed by atoms with Gasteiger partial charge >= 0.3 is 0 Å². The molecule has 0 radical (unpaired) electrons. The van der Waals surface area contributed by atoms with Crippen LogP contribution in [0, 0.1) is 0 Å². The van der Waals surface area contributed by atoms with Crippen molar-refractivity contribution in [1.29, 1.82) is 0 Å². The number of nitrogens with two attached hydrogens (primary N) is 1. The zero-order chi connectivity index (χ0) is 15.4. The maximum absolute atomic E-state index is 6.25. The minimum atomic E-state index is 0.0574. The van der Waals surface area contributed by atoms with Crippen LogP contribution in [0.4, 0.5) is 0 Å². The van der Waals surface area contributed by atoms with Gasteiger partial charge in [-0.1, -0.05) is 29.8 Å². The van der Waals surface area contributed by atoms with Gasteiger partial charge in [0.2, 0.25) is 0 Å². The van der Waals surface area contributed by atoms with Gasteiger partial charge < -0.3 is 5.73 Å². The summed E-state index contributed by atoms with van der Waals surface area (Å²) in [5, 5.41) is 2.89. The second-order valence-corrected chi connectivity index (χ2v) is 7.12. The van der Waals surface area contributed by atoms with Crippen molar-refractivity contribution in [2.75, 3.05) is 7.05 Å². The monoisotopic (exact) mass is 322 g/mol. The first kappa shape index (κ1) is 16.5. The summed E-state index contributed by atoms with van der Waals surface area (Å²) < 4.78 is 0. The highest BCUT2D eigenvalue weighted by atomic mass is 35.5. The van der Waals surface area contributed by atoms with E-state index in [1.165, 1.54) is 10.4 Å². The van der Waals surface area contributed by atoms with E-state index in [4.69, 9.17) is 17.3 Å². The Labute approximate surface area is 136 Å². The molecule has 0 amide bonds. The molecule has 2 N–H and O–H groups in total. The van der Waals surface area contributed by atoms with Crippen LogP contribution in [0.1, 0.15) is 30.3 Å². The van der Waals surface area contributed by atoms with E-state index >= 15 is 0 Å². The molecule has 3 unspecified atom stereocenters. The molecule has 2 aromatic rings. The topological polar surface area (TPSA) is 29.3 Å². The Morgan fingerprint density at radius 3 is 2.38 bits per heavy atom. The summed E-state index contributed by atoms with van der Waals surface area (Å²) in [7, 11) is 2.15. The van der Waals surface area contributed by atoms with Gasteiger partial charge in [-0.05, 0) is 56.5 Å². The SMILES string of the molecule is CC(N)C(c1ccc(Cl)cc1)N(C)C(C)Cc1cccs1. The molecule has 1 aromatic carbocycles. The number of halogens is 1. The van der Waals surface area contributed by atoms with Crippen LogP contribution in [0.15, 0.2) is 41.8 Å². The molecule has 1 heterocycles. The lowest BCUT2D eigenvalue weighted by Crippen LogP contribution is -2.42. The Bertz CT molecular complexity index is 536. The second kappa shape index (κ2) is 7.41. The van der Waals surface area contributed by atoms with Crippen molar-refractivity contribution in [2.24, 2.45) is 5.73 Å². The molecule has 0 aliphatic carbocycles. The summed E-state index contributed by atoms with van der Waals surface area (Å²) in [5.41, 5.74) is 7.46. The number of benzene rings is 1. The molecule has 2 rings (SSSR count). The first-order chi connectivity index (χ1) is 9.99. The molecular formula is C17H23ClN2S. The Morgan fingerprint density at radius 1 is 1.19 bits per heavy atom. The highest BCUT2D eigenvalue weighted by Gasteiger charge is 2.25. The molecule has 2 nitrogen and oxygen atoms in total. The Balaban J connectivity index is 2.15. The van der Waals surface area contributed by atoms with Crippen molar-refractivity contribution < 1.29 is 0 Å². The maximum atomic E-state index is 6.25. The molecular weight excluding hydrogens is 300 g/mol. The van der Waals surface area contributed by atoms with E-state index in [2.05, 4.69) is 55.4 Å². The van der Waals surface area contributed by atoms with Crippen LogP contribution >= 0.6 is 22.9 Å². The second-order valence-electron chi connectivity index (χ2n) is 5.65. The van der Waals surface area contributed by atoms with E-state index in [0.717, 1.165) is 11.4 Å². The zero-order valence-corrected chi connectivity index (χ0v) is 14.4. The zero-order valence-electron chi connectivity index (χ0n) is 12.8. The number of likely N-dealkylation sites (N-methyl/N-ethyl adjacent to an activating group) is 1. The van der Waals surface area contributed by atoms with Gasteiger partial charge in [0.1, 0.15) is 0 Å². The average molecular weight is 323 g/mol. The number of nitrogens with zero attached hydrogens (tertiary/aromatic N) is 1. The van der Waals surface area contributed by atoms with E-state index in [0.29, 0.717) is 6.04 Å². The van der Waals surface area contributed by atoms with Gasteiger partial charge in [-0.15, -0.1) is 11.3 Å². The van der Waals surface area contributed by atoms with E-state index in [1.807, 2.05) is 23.5 Å². The van der Waals surface area contributed by atoms with E-state index in [1.54, 1.807) is 0 Å². The number of rotatable bonds is 6. The van der Waals surface area contributed by atoms with E-state index in [9.17, 15) is 0 Å². The smallest absolute Gasteiger partial charge is 0.0496 e. The minimum Gasteiger partial charge on any atom is -0.326 e. The lowest BCUT2D eigenvalue weighted by molar-refractivity contribution is 0.164. The molecule has 4 heteroatoms. The van der Waals surface area contributed by atoms with Crippen LogP contribution in [0.2, 0.25) is 5.02 Å². The standard InChI is InChI=1S/C17H23ClN2S/c1-12(11-16-5-4-10-21-16)20(3)17(13(2)19)14-6-8-15(18)9-7-14/h4-10,12-13,17H,11,19H2,1-3H3. The van der Waals surface area contributed by atoms with Crippen LogP contribution < -0.4 is 5.73 Å². The first-order valence-electron chi connectivity index (χ1n) is 7.24. The summed E-state index contributed by atoms with van der Waals surface area (Å²) in [5.74, 6) is 0. The van der Waals surface area contributed by atoms with Crippen molar-refractivity contribution >= 4 is 22.9 Å². The van der Waals surface area contributed by atoms with Crippen LogP contribution in [-0.4, -0.2) is 24.0 Å². The Kier molecular flexibility index (Phi) is 5.82. The van der Waals surface area contributed by atoms with Crippen LogP contribution in [0.25, 0.3) is 0 Å². The van der Waals surface area contributed by atoms with Gasteiger partial charge in [-0.25, -0.2) is 0 Å². The molecule has 0 bridgehead atoms. The molecule has 21 heavy (non-hydrogen) atoms. The van der Waals surface area contributed by atoms with Gasteiger partial charge in [-0.3, -0.25) is 4.90 Å². The van der Waals surface area contributed by atoms with Gasteiger partial charge in [0.05, 0.1) is 0 Å². The summed E-state index contributed by atoms with van der Waals surface area (Å²) in [4.78, 5) is 3.78. The molecule has 1 aromatic heterocycles. The highest BCUT2D eigenvalue weighted by Crippen LogP contribution is 2.27. The molecule has 0 saturated heterocycles. The molecule has 3 atom stereocenters. The minimum absolute atomic E-state index is 0.0574. The van der Waals surface area contributed by atoms with Crippen LogP contribution in [0.5, 0.6) is 0 Å². The van der Waals surface area contributed by atoms with Gasteiger partial charge in [-0.2, -0.15) is 0 Å². The first-order valence-corrected chi connectivity index (χ1v) is 8.50. The van der Waals surface area contributed by atoms with Crippen molar-refractivity contribution in [3.63, 3.8) is 0 Å². The molecule has 114 valence electrons. The van der Waals surface area contributed by atoms with Gasteiger partial charge in [0, 0.05) is 28.0 Å². The third kappa shape index (κ3) is 4.30. The predicted molar refractivity (Wildman–Crippen MR) is 93.1 cm³/mol. The van der Waals surface area contributed by atoms with E-state index in [-0.39, 0.29) is 12.1 Å². The predicted octanol–water partition coefficient (Wildman–Crippen LogP) is 4.35. The average Bonchev–Trinajstić information content (AvgIpc) is 2.93. The highest BCUT2D eigenvalue weighted by molar-refractivity contribution is 7.09. The van der Waals surface area contributed by atoms with Crippen molar-refractivity contribution in [3.8, 4) is 0 Å². The number of hydrogen-bond donors (Lipinski definition) is 1. The summed E-state index contributed by atoms with van der Waals surface area (Å²) in [6.07, 6.45) is 1.05. The fraction of sp³-hybridized carbons (Fsp3) is 0.412. The summed E-state index contributed by atoms with van der Waals surface area (Å²) >= 11 is 7.80. The number of thiophene rings is 1. The van der Waals surface area contributed by atoms with Crippen molar-refractivity contribution in [3.05, 3.63) is 57.2 Å². The molecule has 0 saturated carbocycles. The normalized spacial score (nSPS) is 15.9. The molecule has 0 fully saturated rings. The number of hydrogen-bond acceptors (Lipinski definition) is 3. The Morgan fingerprint density at radius 2 is 1.86 bits per heavy atom. The third-order valence-corrected chi connectivity index (χ3v) is 5.07. The van der Waals surface area contributed by atoms with Crippen LogP contribution in [0.3, 0.4) is 0 Å². The van der Waals surface area contributed by atoms with Gasteiger partial charge in [0.15, 0.2) is 0 Å². The lowest BCUT2D eigenvalue weighted by Gasteiger charge is -2.36. The van der Waals surface area contributed by atoms with Crippen LogP contribution in [-0.2, 0) is 6.42 Å². The summed E-state index contributed by atoms with van der Waals surface area (Å²) in [6.45, 7) is 4.32. The van der Waals surface area contributed by atoms with Gasteiger partial charge in [0.25, 0.3) is 0 Å². The quantitative estimate of drug-likeness (QED) is 0.856. The third-order valence-electron chi connectivity index (χ3n) is 3.92. The fourth-order valence-electron chi connectivity index (χ4n) is 2.71. The summed E-state index contributed by atoms with van der Waals surface area (Å²) in [6, 6.07) is 13.0. The molecule has 0 aliphatic rings. The van der Waals surface area contributed by atoms with Crippen molar-refractivity contribution in [1.82, 2.24) is 4.90 Å². The fourth-order valence-corrected chi connectivity index (χ4v) is 3.66. The molecule has 0 aliphatic heterocycles. The Hall–Kier alpha value is -0.870. The largest absolute Gasteiger partial charge is 0.326 e.